The van der Waals surface area contributed by atoms with Gasteiger partial charge in [-0.05, 0) is 48.9 Å². The Morgan fingerprint density at radius 2 is 1.34 bits per heavy atom. The van der Waals surface area contributed by atoms with Gasteiger partial charge < -0.3 is 20.8 Å². The van der Waals surface area contributed by atoms with E-state index in [1.54, 1.807) is 12.1 Å². The van der Waals surface area contributed by atoms with E-state index in [-0.39, 0.29) is 33.8 Å². The zero-order valence-electron chi connectivity index (χ0n) is 17.1. The lowest BCUT2D eigenvalue weighted by Gasteiger charge is -2.34. The van der Waals surface area contributed by atoms with Crippen molar-refractivity contribution in [2.45, 2.75) is 46.2 Å². The average Bonchev–Trinajstić information content (AvgIpc) is 2.96. The third-order valence-corrected chi connectivity index (χ3v) is 5.54. The smallest absolute Gasteiger partial charge is 0.200 e. The fourth-order valence-corrected chi connectivity index (χ4v) is 4.77. The van der Waals surface area contributed by atoms with Crippen molar-refractivity contribution in [3.63, 3.8) is 0 Å². The van der Waals surface area contributed by atoms with Gasteiger partial charge in [-0.2, -0.15) is 0 Å². The summed E-state index contributed by atoms with van der Waals surface area (Å²) in [5, 5.41) is 27.5. The zero-order valence-corrected chi connectivity index (χ0v) is 17.1. The minimum atomic E-state index is -0.460. The molecule has 2 aromatic carbocycles. The first-order chi connectivity index (χ1) is 13.6. The molecule has 0 aromatic heterocycles. The maximum Gasteiger partial charge on any atom is 0.200 e. The number of hydrogen-bond acceptors (Lipinski definition) is 6. The second kappa shape index (κ2) is 6.51. The van der Waals surface area contributed by atoms with Crippen molar-refractivity contribution in [1.82, 2.24) is 0 Å². The Morgan fingerprint density at radius 3 is 1.90 bits per heavy atom. The van der Waals surface area contributed by atoms with Crippen molar-refractivity contribution >= 4 is 22.9 Å². The zero-order chi connectivity index (χ0) is 21.1. The quantitative estimate of drug-likeness (QED) is 0.487. The van der Waals surface area contributed by atoms with Gasteiger partial charge in [-0.3, -0.25) is 9.59 Å². The Kier molecular flexibility index (Phi) is 4.33. The van der Waals surface area contributed by atoms with Gasteiger partial charge in [-0.1, -0.05) is 27.7 Å². The van der Waals surface area contributed by atoms with Crippen molar-refractivity contribution < 1.29 is 19.8 Å². The van der Waals surface area contributed by atoms with Gasteiger partial charge in [0.1, 0.15) is 17.2 Å². The Morgan fingerprint density at radius 1 is 0.793 bits per heavy atom. The third kappa shape index (κ3) is 2.94. The van der Waals surface area contributed by atoms with Crippen molar-refractivity contribution in [1.29, 1.82) is 0 Å². The fourth-order valence-electron chi connectivity index (χ4n) is 4.77. The number of anilines is 2. The minimum absolute atomic E-state index is 0.135. The number of phenols is 2. The number of carbonyl (C=O) groups excluding carboxylic acids is 2. The molecule has 0 atom stereocenters. The lowest BCUT2D eigenvalue weighted by molar-refractivity contribution is 0.0974. The van der Waals surface area contributed by atoms with Crippen LogP contribution < -0.4 is 10.6 Å². The number of nitrogens with one attached hydrogen (secondary N) is 2. The normalized spacial score (nSPS) is 16.3. The summed E-state index contributed by atoms with van der Waals surface area (Å²) in [6.07, 6.45) is 1.69. The average molecular weight is 394 g/mol. The molecule has 0 saturated heterocycles. The molecule has 1 aliphatic heterocycles. The summed E-state index contributed by atoms with van der Waals surface area (Å²) < 4.78 is 0. The van der Waals surface area contributed by atoms with E-state index in [9.17, 15) is 19.8 Å². The summed E-state index contributed by atoms with van der Waals surface area (Å²) >= 11 is 0. The van der Waals surface area contributed by atoms with Gasteiger partial charge in [0.05, 0.1) is 28.1 Å². The van der Waals surface area contributed by atoms with Gasteiger partial charge in [0.15, 0.2) is 5.78 Å². The molecule has 29 heavy (non-hydrogen) atoms. The highest BCUT2D eigenvalue weighted by Gasteiger charge is 2.43. The minimum Gasteiger partial charge on any atom is -0.507 e. The van der Waals surface area contributed by atoms with Gasteiger partial charge in [-0.15, -0.1) is 0 Å². The van der Waals surface area contributed by atoms with E-state index >= 15 is 0 Å². The standard InChI is InChI=1S/C23H26N2O4/c1-11(2)9-23(10-12(3)4)24-14-6-5-13-17(20(14)25-23)22(29)19-16(27)8-7-15(26)18(19)21(13)28/h5-8,11-12,24-27H,9-10H2,1-4H3. The second-order valence-electron chi connectivity index (χ2n) is 8.95. The van der Waals surface area contributed by atoms with Crippen LogP contribution >= 0.6 is 0 Å². The van der Waals surface area contributed by atoms with Crippen LogP contribution in [-0.4, -0.2) is 27.4 Å². The van der Waals surface area contributed by atoms with Crippen molar-refractivity contribution in [3.05, 3.63) is 46.5 Å². The van der Waals surface area contributed by atoms with E-state index in [2.05, 4.69) is 38.3 Å². The second-order valence-corrected chi connectivity index (χ2v) is 8.95. The van der Waals surface area contributed by atoms with Gasteiger partial charge in [0.25, 0.3) is 0 Å². The molecule has 0 unspecified atom stereocenters. The Bertz CT molecular complexity index is 1030. The third-order valence-electron chi connectivity index (χ3n) is 5.54. The maximum absolute atomic E-state index is 13.4. The van der Waals surface area contributed by atoms with E-state index in [1.165, 1.54) is 12.1 Å². The van der Waals surface area contributed by atoms with Crippen molar-refractivity contribution in [2.75, 3.05) is 10.6 Å². The van der Waals surface area contributed by atoms with Crippen LogP contribution in [0.5, 0.6) is 11.5 Å². The number of carbonyl (C=O) groups is 2. The number of rotatable bonds is 4. The van der Waals surface area contributed by atoms with E-state index in [0.29, 0.717) is 17.5 Å². The molecule has 6 nitrogen and oxygen atoms in total. The van der Waals surface area contributed by atoms with Crippen LogP contribution in [0, 0.1) is 11.8 Å². The highest BCUT2D eigenvalue weighted by atomic mass is 16.3. The van der Waals surface area contributed by atoms with Crippen molar-refractivity contribution in [2.24, 2.45) is 11.8 Å². The largest absolute Gasteiger partial charge is 0.507 e. The highest BCUT2D eigenvalue weighted by molar-refractivity contribution is 6.32. The number of fused-ring (bicyclic) bond motifs is 4. The molecule has 0 radical (unpaired) electrons. The summed E-state index contributed by atoms with van der Waals surface area (Å²) in [5.41, 5.74) is 1.17. The molecular formula is C23H26N2O4. The van der Waals surface area contributed by atoms with E-state index in [1.807, 2.05) is 0 Å². The summed E-state index contributed by atoms with van der Waals surface area (Å²) in [7, 11) is 0. The molecule has 0 bridgehead atoms. The number of aromatic hydroxyl groups is 2. The Hall–Kier alpha value is -3.02. The predicted molar refractivity (Wildman–Crippen MR) is 112 cm³/mol. The van der Waals surface area contributed by atoms with E-state index in [0.717, 1.165) is 18.5 Å². The summed E-state index contributed by atoms with van der Waals surface area (Å²) in [5.74, 6) is -0.698. The van der Waals surface area contributed by atoms with Gasteiger partial charge in [-0.25, -0.2) is 0 Å². The topological polar surface area (TPSA) is 98.7 Å². The molecule has 4 rings (SSSR count). The van der Waals surface area contributed by atoms with Crippen LogP contribution in [0.4, 0.5) is 11.4 Å². The number of benzene rings is 2. The lowest BCUT2D eigenvalue weighted by atomic mass is 9.82. The molecule has 0 fully saturated rings. The highest BCUT2D eigenvalue weighted by Crippen LogP contribution is 2.47. The van der Waals surface area contributed by atoms with Crippen LogP contribution in [0.2, 0.25) is 0 Å². The van der Waals surface area contributed by atoms with Crippen LogP contribution in [0.1, 0.15) is 72.4 Å². The van der Waals surface area contributed by atoms with Crippen LogP contribution in [-0.2, 0) is 0 Å². The first kappa shape index (κ1) is 19.3. The van der Waals surface area contributed by atoms with Crippen LogP contribution in [0.15, 0.2) is 24.3 Å². The molecule has 152 valence electrons. The molecule has 1 aliphatic carbocycles. The summed E-state index contributed by atoms with van der Waals surface area (Å²) in [6.45, 7) is 8.59. The van der Waals surface area contributed by atoms with Gasteiger partial charge in [0, 0.05) is 5.56 Å². The monoisotopic (exact) mass is 394 g/mol. The van der Waals surface area contributed by atoms with Gasteiger partial charge >= 0.3 is 0 Å². The maximum atomic E-state index is 13.4. The van der Waals surface area contributed by atoms with Crippen molar-refractivity contribution in [3.8, 4) is 11.5 Å². The molecular weight excluding hydrogens is 368 g/mol. The Balaban J connectivity index is 1.87. The first-order valence-electron chi connectivity index (χ1n) is 10.0. The SMILES string of the molecule is CC(C)CC1(CC(C)C)Nc2ccc3c(c2N1)C(=O)c1c(O)ccc(O)c1C3=O. The molecule has 0 amide bonds. The molecule has 2 aromatic rings. The molecule has 2 aliphatic rings. The van der Waals surface area contributed by atoms with E-state index in [4.69, 9.17) is 0 Å². The molecule has 6 heteroatoms. The van der Waals surface area contributed by atoms with E-state index < -0.39 is 17.2 Å². The number of hydrogen-bond donors (Lipinski definition) is 4. The molecule has 1 heterocycles. The van der Waals surface area contributed by atoms with Crippen LogP contribution in [0.3, 0.4) is 0 Å². The predicted octanol–water partition coefficient (Wildman–Crippen LogP) is 4.50. The fraction of sp³-hybridized carbons (Fsp3) is 0.391. The van der Waals surface area contributed by atoms with Crippen LogP contribution in [0.25, 0.3) is 0 Å². The Labute approximate surface area is 170 Å². The lowest BCUT2D eigenvalue weighted by Crippen LogP contribution is -2.44. The number of ketones is 2. The first-order valence-corrected chi connectivity index (χ1v) is 10.0. The summed E-state index contributed by atoms with van der Waals surface area (Å²) in [6, 6.07) is 5.89. The molecule has 0 spiro atoms. The number of phenolic OH excluding ortho intramolecular Hbond substituents is 2. The van der Waals surface area contributed by atoms with Gasteiger partial charge in [0.2, 0.25) is 5.78 Å². The molecule has 0 saturated carbocycles. The summed E-state index contributed by atoms with van der Waals surface area (Å²) in [4.78, 5) is 26.4. The molecule has 4 N–H and O–H groups in total.